The summed E-state index contributed by atoms with van der Waals surface area (Å²) in [7, 11) is 0. The van der Waals surface area contributed by atoms with Crippen LogP contribution in [0.15, 0.2) is 48.5 Å². The molecule has 2 aromatic carbocycles. The lowest BCUT2D eigenvalue weighted by atomic mass is 10.1. The number of amides is 2. The molecule has 1 atom stereocenters. The molecule has 0 fully saturated rings. The molecule has 0 radical (unpaired) electrons. The molecule has 4 nitrogen and oxygen atoms in total. The first-order valence-electron chi connectivity index (χ1n) is 8.86. The first-order valence-corrected chi connectivity index (χ1v) is 9.80. The molecule has 162 valence electrons. The van der Waals surface area contributed by atoms with Gasteiger partial charge in [0.2, 0.25) is 0 Å². The van der Waals surface area contributed by atoms with Crippen molar-refractivity contribution in [2.75, 3.05) is 17.9 Å². The number of aryl methyl sites for hydroxylation is 1. The number of urea groups is 1. The van der Waals surface area contributed by atoms with E-state index in [-0.39, 0.29) is 5.69 Å². The van der Waals surface area contributed by atoms with Crippen LogP contribution in [0, 0.1) is 12.7 Å². The van der Waals surface area contributed by atoms with Crippen molar-refractivity contribution in [3.05, 3.63) is 65.5 Å². The summed E-state index contributed by atoms with van der Waals surface area (Å²) in [5.74, 6) is -0.686. The quantitative estimate of drug-likeness (QED) is 0.254. The van der Waals surface area contributed by atoms with Crippen LogP contribution in [0.3, 0.4) is 0 Å². The molecule has 0 saturated carbocycles. The summed E-state index contributed by atoms with van der Waals surface area (Å²) in [4.78, 5) is 14.2. The van der Waals surface area contributed by atoms with E-state index in [1.807, 2.05) is 0 Å². The highest BCUT2D eigenvalue weighted by Gasteiger charge is 2.37. The number of nitrogens with one attached hydrogen (secondary N) is 1. The summed E-state index contributed by atoms with van der Waals surface area (Å²) in [6.07, 6.45) is -4.58. The van der Waals surface area contributed by atoms with Crippen LogP contribution in [-0.2, 0) is 0 Å². The zero-order valence-corrected chi connectivity index (χ0v) is 17.8. The molecule has 10 heteroatoms. The maximum absolute atomic E-state index is 14.1. The summed E-state index contributed by atoms with van der Waals surface area (Å²) in [6.45, 7) is 1.83. The molecule has 1 unspecified atom stereocenters. The molecule has 0 heterocycles. The van der Waals surface area contributed by atoms with Gasteiger partial charge in [-0.2, -0.15) is 13.2 Å². The minimum atomic E-state index is -4.58. The maximum Gasteiger partial charge on any atom is 0.406 e. The molecule has 0 aliphatic heterocycles. The van der Waals surface area contributed by atoms with E-state index in [1.54, 1.807) is 43.3 Å². The SMILES string of the molecule is Cc1ccc(NC(=O)N(CCl)C(=S)N(CC(F)(F)F)C(C)c2ccccc2)c(F)c1. The van der Waals surface area contributed by atoms with E-state index in [2.05, 4.69) is 5.32 Å². The van der Waals surface area contributed by atoms with Gasteiger partial charge < -0.3 is 10.2 Å². The predicted octanol–water partition coefficient (Wildman–Crippen LogP) is 6.07. The Morgan fingerprint density at radius 1 is 1.20 bits per heavy atom. The minimum Gasteiger partial charge on any atom is -0.333 e. The van der Waals surface area contributed by atoms with E-state index in [1.165, 1.54) is 19.1 Å². The van der Waals surface area contributed by atoms with Crippen LogP contribution in [-0.4, -0.2) is 39.7 Å². The van der Waals surface area contributed by atoms with Crippen LogP contribution in [0.1, 0.15) is 24.1 Å². The highest BCUT2D eigenvalue weighted by Crippen LogP contribution is 2.27. The largest absolute Gasteiger partial charge is 0.406 e. The van der Waals surface area contributed by atoms with Crippen LogP contribution in [0.25, 0.3) is 0 Å². The molecular formula is C20H20ClF4N3OS. The van der Waals surface area contributed by atoms with Gasteiger partial charge in [-0.25, -0.2) is 9.18 Å². The summed E-state index contributed by atoms with van der Waals surface area (Å²) >= 11 is 11.0. The summed E-state index contributed by atoms with van der Waals surface area (Å²) in [5, 5.41) is 1.87. The number of halogens is 5. The number of rotatable bonds is 5. The Labute approximate surface area is 182 Å². The fourth-order valence-electron chi connectivity index (χ4n) is 2.73. The number of carbonyl (C=O) groups excluding carboxylic acids is 1. The Bertz CT molecular complexity index is 895. The van der Waals surface area contributed by atoms with E-state index in [9.17, 15) is 22.4 Å². The second-order valence-corrected chi connectivity index (χ2v) is 7.18. The zero-order chi connectivity index (χ0) is 22.5. The highest BCUT2D eigenvalue weighted by molar-refractivity contribution is 7.80. The molecule has 2 rings (SSSR count). The predicted molar refractivity (Wildman–Crippen MR) is 113 cm³/mol. The molecular weight excluding hydrogens is 442 g/mol. The fourth-order valence-corrected chi connectivity index (χ4v) is 3.39. The Kier molecular flexibility index (Phi) is 8.03. The smallest absolute Gasteiger partial charge is 0.333 e. The van der Waals surface area contributed by atoms with Crippen LogP contribution < -0.4 is 5.32 Å². The average Bonchev–Trinajstić information content (AvgIpc) is 2.68. The number of carbonyl (C=O) groups is 1. The highest BCUT2D eigenvalue weighted by atomic mass is 35.5. The van der Waals surface area contributed by atoms with E-state index < -0.39 is 41.7 Å². The van der Waals surface area contributed by atoms with Gasteiger partial charge in [-0.05, 0) is 49.3 Å². The molecule has 30 heavy (non-hydrogen) atoms. The Balaban J connectivity index is 2.29. The number of nitrogens with zero attached hydrogens (tertiary/aromatic N) is 2. The van der Waals surface area contributed by atoms with E-state index in [0.717, 1.165) is 9.80 Å². The Morgan fingerprint density at radius 2 is 1.83 bits per heavy atom. The van der Waals surface area contributed by atoms with Crippen molar-refractivity contribution in [3.63, 3.8) is 0 Å². The standard InChI is InChI=1S/C20H20ClF4N3OS/c1-13-8-9-17(16(22)10-13)26-18(29)28(12-21)19(30)27(11-20(23,24)25)14(2)15-6-4-3-5-7-15/h3-10,14H,11-12H2,1-2H3,(H,26,29). The van der Waals surface area contributed by atoms with Crippen molar-refractivity contribution < 1.29 is 22.4 Å². The van der Waals surface area contributed by atoms with Gasteiger partial charge in [0.1, 0.15) is 18.4 Å². The van der Waals surface area contributed by atoms with Crippen LogP contribution in [0.2, 0.25) is 0 Å². The third-order valence-electron chi connectivity index (χ3n) is 4.31. The van der Waals surface area contributed by atoms with E-state index in [0.29, 0.717) is 11.1 Å². The van der Waals surface area contributed by atoms with Crippen molar-refractivity contribution in [1.82, 2.24) is 9.80 Å². The van der Waals surface area contributed by atoms with E-state index >= 15 is 0 Å². The van der Waals surface area contributed by atoms with Gasteiger partial charge in [0, 0.05) is 0 Å². The zero-order valence-electron chi connectivity index (χ0n) is 16.2. The van der Waals surface area contributed by atoms with Gasteiger partial charge in [0.05, 0.1) is 11.7 Å². The number of hydrogen-bond acceptors (Lipinski definition) is 2. The van der Waals surface area contributed by atoms with Gasteiger partial charge in [-0.3, -0.25) is 4.90 Å². The Morgan fingerprint density at radius 3 is 2.37 bits per heavy atom. The van der Waals surface area contributed by atoms with Crippen molar-refractivity contribution in [2.45, 2.75) is 26.1 Å². The molecule has 0 spiro atoms. The molecule has 0 aliphatic carbocycles. The lowest BCUT2D eigenvalue weighted by Gasteiger charge is -2.36. The van der Waals surface area contributed by atoms with Gasteiger partial charge in [-0.15, -0.1) is 11.6 Å². The fraction of sp³-hybridized carbons (Fsp3) is 0.300. The van der Waals surface area contributed by atoms with Crippen molar-refractivity contribution in [2.24, 2.45) is 0 Å². The third kappa shape index (κ3) is 6.30. The average molecular weight is 462 g/mol. The van der Waals surface area contributed by atoms with Crippen LogP contribution in [0.5, 0.6) is 0 Å². The number of anilines is 1. The van der Waals surface area contributed by atoms with Gasteiger partial charge in [0.15, 0.2) is 5.11 Å². The molecule has 0 bridgehead atoms. The number of alkyl halides is 4. The number of thiocarbonyl (C=S) groups is 1. The third-order valence-corrected chi connectivity index (χ3v) is 5.00. The minimum absolute atomic E-state index is 0.137. The van der Waals surface area contributed by atoms with Gasteiger partial charge >= 0.3 is 12.2 Å². The molecule has 2 aromatic rings. The molecule has 0 saturated heterocycles. The molecule has 0 aromatic heterocycles. The Hall–Kier alpha value is -2.39. The van der Waals surface area contributed by atoms with Gasteiger partial charge in [0.25, 0.3) is 0 Å². The second kappa shape index (κ2) is 10.1. The monoisotopic (exact) mass is 461 g/mol. The van der Waals surface area contributed by atoms with Crippen molar-refractivity contribution in [1.29, 1.82) is 0 Å². The van der Waals surface area contributed by atoms with Crippen LogP contribution >= 0.6 is 23.8 Å². The lowest BCUT2D eigenvalue weighted by Crippen LogP contribution is -2.50. The second-order valence-electron chi connectivity index (χ2n) is 6.57. The lowest BCUT2D eigenvalue weighted by molar-refractivity contribution is -0.141. The molecule has 2 amide bonds. The van der Waals surface area contributed by atoms with Crippen molar-refractivity contribution in [3.8, 4) is 0 Å². The normalized spacial score (nSPS) is 12.2. The summed E-state index contributed by atoms with van der Waals surface area (Å²) in [5.41, 5.74) is 1.08. The van der Waals surface area contributed by atoms with Gasteiger partial charge in [-0.1, -0.05) is 36.4 Å². The number of benzene rings is 2. The maximum atomic E-state index is 14.1. The summed E-state index contributed by atoms with van der Waals surface area (Å²) in [6, 6.07) is 10.3. The first-order chi connectivity index (χ1) is 14.0. The van der Waals surface area contributed by atoms with Crippen LogP contribution in [0.4, 0.5) is 28.0 Å². The molecule has 1 N–H and O–H groups in total. The number of hydrogen-bond donors (Lipinski definition) is 1. The molecule has 0 aliphatic rings. The topological polar surface area (TPSA) is 35.6 Å². The first kappa shape index (κ1) is 23.9. The van der Waals surface area contributed by atoms with Crippen molar-refractivity contribution >= 4 is 40.6 Å². The van der Waals surface area contributed by atoms with E-state index in [4.69, 9.17) is 23.8 Å². The summed E-state index contributed by atoms with van der Waals surface area (Å²) < 4.78 is 53.8.